The number of ether oxygens (including phenoxy) is 4. The molecule has 0 aliphatic heterocycles. The lowest BCUT2D eigenvalue weighted by Crippen LogP contribution is -2.38. The van der Waals surface area contributed by atoms with Crippen LogP contribution < -0.4 is 24.3 Å². The summed E-state index contributed by atoms with van der Waals surface area (Å²) in [6.07, 6.45) is 0.0898. The quantitative estimate of drug-likeness (QED) is 0.641. The Labute approximate surface area is 176 Å². The van der Waals surface area contributed by atoms with Crippen LogP contribution in [-0.4, -0.2) is 58.2 Å². The summed E-state index contributed by atoms with van der Waals surface area (Å²) in [5.74, 6) is 1.45. The molecule has 0 unspecified atom stereocenters. The van der Waals surface area contributed by atoms with Crippen molar-refractivity contribution in [2.24, 2.45) is 0 Å². The summed E-state index contributed by atoms with van der Waals surface area (Å²) >= 11 is 0. The van der Waals surface area contributed by atoms with E-state index in [9.17, 15) is 9.59 Å². The standard InChI is InChI=1S/C22H28N2O6/c1-6-24(14-20(25)23-16-9-7-8-10-17(16)27-2)21(26)13-15-11-18(28-3)22(30-5)19(12-15)29-4/h7-12H,6,13-14H2,1-5H3,(H,23,25). The fourth-order valence-corrected chi connectivity index (χ4v) is 3.01. The normalized spacial score (nSPS) is 10.2. The van der Waals surface area contributed by atoms with Gasteiger partial charge in [-0.25, -0.2) is 0 Å². The smallest absolute Gasteiger partial charge is 0.244 e. The van der Waals surface area contributed by atoms with Gasteiger partial charge >= 0.3 is 0 Å². The summed E-state index contributed by atoms with van der Waals surface area (Å²) in [6.45, 7) is 2.14. The molecule has 2 aromatic carbocycles. The molecule has 0 atom stereocenters. The molecule has 0 spiro atoms. The molecule has 0 aliphatic rings. The maximum absolute atomic E-state index is 12.8. The third-order valence-corrected chi connectivity index (χ3v) is 4.53. The van der Waals surface area contributed by atoms with Gasteiger partial charge in [-0.1, -0.05) is 12.1 Å². The van der Waals surface area contributed by atoms with Crippen molar-refractivity contribution in [3.05, 3.63) is 42.0 Å². The van der Waals surface area contributed by atoms with Crippen LogP contribution >= 0.6 is 0 Å². The Morgan fingerprint density at radius 3 is 2.03 bits per heavy atom. The molecular weight excluding hydrogens is 388 g/mol. The number of carbonyl (C=O) groups excluding carboxylic acids is 2. The molecule has 8 nitrogen and oxygen atoms in total. The maximum Gasteiger partial charge on any atom is 0.244 e. The minimum atomic E-state index is -0.306. The van der Waals surface area contributed by atoms with E-state index < -0.39 is 0 Å². The molecule has 0 saturated carbocycles. The molecule has 0 aliphatic carbocycles. The molecule has 30 heavy (non-hydrogen) atoms. The highest BCUT2D eigenvalue weighted by molar-refractivity contribution is 5.96. The lowest BCUT2D eigenvalue weighted by Gasteiger charge is -2.21. The topological polar surface area (TPSA) is 86.3 Å². The Morgan fingerprint density at radius 1 is 0.900 bits per heavy atom. The Bertz CT molecular complexity index is 859. The molecule has 0 bridgehead atoms. The van der Waals surface area contributed by atoms with Crippen LogP contribution in [0.5, 0.6) is 23.0 Å². The third kappa shape index (κ3) is 5.56. The van der Waals surface area contributed by atoms with Gasteiger partial charge in [-0.3, -0.25) is 9.59 Å². The number of anilines is 1. The summed E-state index contributed by atoms with van der Waals surface area (Å²) in [7, 11) is 6.08. The minimum Gasteiger partial charge on any atom is -0.495 e. The van der Waals surface area contributed by atoms with Gasteiger partial charge in [0.05, 0.1) is 47.1 Å². The van der Waals surface area contributed by atoms with E-state index in [1.165, 1.54) is 33.3 Å². The van der Waals surface area contributed by atoms with E-state index in [4.69, 9.17) is 18.9 Å². The summed E-state index contributed by atoms with van der Waals surface area (Å²) in [6, 6.07) is 10.6. The summed E-state index contributed by atoms with van der Waals surface area (Å²) < 4.78 is 21.2. The lowest BCUT2D eigenvalue weighted by molar-refractivity contribution is -0.133. The first kappa shape index (κ1) is 22.9. The Balaban J connectivity index is 2.10. The van der Waals surface area contributed by atoms with Crippen molar-refractivity contribution >= 4 is 17.5 Å². The average Bonchev–Trinajstić information content (AvgIpc) is 2.76. The highest BCUT2D eigenvalue weighted by atomic mass is 16.5. The Morgan fingerprint density at radius 2 is 1.50 bits per heavy atom. The van der Waals surface area contributed by atoms with Crippen LogP contribution in [0, 0.1) is 0 Å². The van der Waals surface area contributed by atoms with Gasteiger partial charge in [-0.15, -0.1) is 0 Å². The van der Waals surface area contributed by atoms with Gasteiger partial charge in [0.15, 0.2) is 11.5 Å². The van der Waals surface area contributed by atoms with Crippen LogP contribution in [0.1, 0.15) is 12.5 Å². The predicted molar refractivity (Wildman–Crippen MR) is 114 cm³/mol. The van der Waals surface area contributed by atoms with Crippen molar-refractivity contribution in [2.75, 3.05) is 46.8 Å². The van der Waals surface area contributed by atoms with E-state index in [0.717, 1.165) is 0 Å². The molecular formula is C22H28N2O6. The van der Waals surface area contributed by atoms with Gasteiger partial charge in [0.25, 0.3) is 0 Å². The molecule has 1 N–H and O–H groups in total. The number of nitrogens with zero attached hydrogens (tertiary/aromatic N) is 1. The van der Waals surface area contributed by atoms with Crippen LogP contribution in [0.25, 0.3) is 0 Å². The monoisotopic (exact) mass is 416 g/mol. The first-order valence-electron chi connectivity index (χ1n) is 9.46. The number of rotatable bonds is 10. The molecule has 0 radical (unpaired) electrons. The molecule has 162 valence electrons. The van der Waals surface area contributed by atoms with Crippen molar-refractivity contribution in [3.63, 3.8) is 0 Å². The third-order valence-electron chi connectivity index (χ3n) is 4.53. The maximum atomic E-state index is 12.8. The van der Waals surface area contributed by atoms with Crippen molar-refractivity contribution in [1.29, 1.82) is 0 Å². The van der Waals surface area contributed by atoms with Crippen LogP contribution in [0.15, 0.2) is 36.4 Å². The first-order valence-corrected chi connectivity index (χ1v) is 9.46. The van der Waals surface area contributed by atoms with Crippen molar-refractivity contribution in [2.45, 2.75) is 13.3 Å². The van der Waals surface area contributed by atoms with Gasteiger partial charge in [-0.05, 0) is 36.8 Å². The zero-order valence-corrected chi connectivity index (χ0v) is 18.0. The highest BCUT2D eigenvalue weighted by Crippen LogP contribution is 2.38. The van der Waals surface area contributed by atoms with Gasteiger partial charge in [0, 0.05) is 6.54 Å². The number of carbonyl (C=O) groups is 2. The van der Waals surface area contributed by atoms with E-state index >= 15 is 0 Å². The molecule has 8 heteroatoms. The zero-order chi connectivity index (χ0) is 22.1. The second-order valence-corrected chi connectivity index (χ2v) is 6.37. The van der Waals surface area contributed by atoms with Crippen LogP contribution in [0.4, 0.5) is 5.69 Å². The van der Waals surface area contributed by atoms with Crippen molar-refractivity contribution in [3.8, 4) is 23.0 Å². The molecule has 2 rings (SSSR count). The van der Waals surface area contributed by atoms with Crippen LogP contribution in [0.3, 0.4) is 0 Å². The number of likely N-dealkylation sites (N-methyl/N-ethyl adjacent to an activating group) is 1. The number of methoxy groups -OCH3 is 4. The lowest BCUT2D eigenvalue weighted by atomic mass is 10.1. The summed E-state index contributed by atoms with van der Waals surface area (Å²) in [4.78, 5) is 26.8. The first-order chi connectivity index (χ1) is 14.5. The number of nitrogens with one attached hydrogen (secondary N) is 1. The predicted octanol–water partition coefficient (Wildman–Crippen LogP) is 2.75. The minimum absolute atomic E-state index is 0.0716. The van der Waals surface area contributed by atoms with Gasteiger partial charge in [0.1, 0.15) is 5.75 Å². The van der Waals surface area contributed by atoms with E-state index in [2.05, 4.69) is 5.32 Å². The molecule has 0 saturated heterocycles. The second kappa shape index (κ2) is 10.9. The largest absolute Gasteiger partial charge is 0.495 e. The fraction of sp³-hybridized carbons (Fsp3) is 0.364. The van der Waals surface area contributed by atoms with Crippen molar-refractivity contribution in [1.82, 2.24) is 4.90 Å². The number of hydrogen-bond acceptors (Lipinski definition) is 6. The molecule has 0 heterocycles. The van der Waals surface area contributed by atoms with E-state index in [0.29, 0.717) is 40.8 Å². The summed E-state index contributed by atoms with van der Waals surface area (Å²) in [5.41, 5.74) is 1.25. The van der Waals surface area contributed by atoms with Crippen LogP contribution in [0.2, 0.25) is 0 Å². The number of amides is 2. The SMILES string of the molecule is CCN(CC(=O)Nc1ccccc1OC)C(=O)Cc1cc(OC)c(OC)c(OC)c1. The van der Waals surface area contributed by atoms with Crippen molar-refractivity contribution < 1.29 is 28.5 Å². The fourth-order valence-electron chi connectivity index (χ4n) is 3.01. The second-order valence-electron chi connectivity index (χ2n) is 6.37. The van der Waals surface area contributed by atoms with E-state index in [-0.39, 0.29) is 24.8 Å². The Kier molecular flexibility index (Phi) is 8.34. The molecule has 2 aromatic rings. The van der Waals surface area contributed by atoms with Gasteiger partial charge in [-0.2, -0.15) is 0 Å². The Hall–Kier alpha value is -3.42. The molecule has 0 aromatic heterocycles. The molecule has 0 fully saturated rings. The van der Waals surface area contributed by atoms with E-state index in [1.54, 1.807) is 30.3 Å². The zero-order valence-electron chi connectivity index (χ0n) is 18.0. The van der Waals surface area contributed by atoms with Gasteiger partial charge < -0.3 is 29.2 Å². The summed E-state index contributed by atoms with van der Waals surface area (Å²) in [5, 5.41) is 2.78. The average molecular weight is 416 g/mol. The van der Waals surface area contributed by atoms with Gasteiger partial charge in [0.2, 0.25) is 17.6 Å². The number of benzene rings is 2. The van der Waals surface area contributed by atoms with E-state index in [1.807, 2.05) is 13.0 Å². The number of hydrogen-bond donors (Lipinski definition) is 1. The highest BCUT2D eigenvalue weighted by Gasteiger charge is 2.19. The number of para-hydroxylation sites is 2. The van der Waals surface area contributed by atoms with Crippen LogP contribution in [-0.2, 0) is 16.0 Å². The molecule has 2 amide bonds.